The highest BCUT2D eigenvalue weighted by molar-refractivity contribution is 5.94. The first-order valence-electron chi connectivity index (χ1n) is 5.47. The molecule has 0 radical (unpaired) electrons. The third-order valence-electron chi connectivity index (χ3n) is 2.41. The topological polar surface area (TPSA) is 109 Å². The summed E-state index contributed by atoms with van der Waals surface area (Å²) in [7, 11) is 0. The molecule has 0 saturated carbocycles. The number of hydrazine groups is 1. The molecule has 0 spiro atoms. The van der Waals surface area contributed by atoms with Gasteiger partial charge in [0.05, 0.1) is 11.9 Å². The van der Waals surface area contributed by atoms with Crippen LogP contribution in [-0.2, 0) is 6.42 Å². The lowest BCUT2D eigenvalue weighted by Crippen LogP contribution is -2.26. The molecule has 7 heteroatoms. The van der Waals surface area contributed by atoms with Crippen molar-refractivity contribution in [3.8, 4) is 0 Å². The van der Waals surface area contributed by atoms with E-state index in [0.717, 1.165) is 5.69 Å². The summed E-state index contributed by atoms with van der Waals surface area (Å²) in [6.07, 6.45) is 5.53. The van der Waals surface area contributed by atoms with Crippen molar-refractivity contribution in [3.63, 3.8) is 0 Å². The molecule has 94 valence electrons. The minimum absolute atomic E-state index is 0.161. The van der Waals surface area contributed by atoms with E-state index in [1.54, 1.807) is 24.7 Å². The van der Waals surface area contributed by atoms with Crippen LogP contribution >= 0.6 is 0 Å². The molecule has 18 heavy (non-hydrogen) atoms. The Morgan fingerprint density at radius 3 is 2.89 bits per heavy atom. The summed E-state index contributed by atoms with van der Waals surface area (Å²) in [5, 5.41) is 2.80. The number of nitrogens with two attached hydrogens (primary N) is 1. The van der Waals surface area contributed by atoms with Crippen LogP contribution in [0.2, 0.25) is 0 Å². The maximum atomic E-state index is 11.7. The van der Waals surface area contributed by atoms with Crippen molar-refractivity contribution in [3.05, 3.63) is 42.1 Å². The lowest BCUT2D eigenvalue weighted by atomic mass is 10.2. The number of amides is 1. The highest BCUT2D eigenvalue weighted by Crippen LogP contribution is 2.03. The summed E-state index contributed by atoms with van der Waals surface area (Å²) in [4.78, 5) is 22.6. The molecule has 0 atom stereocenters. The third kappa shape index (κ3) is 3.05. The Balaban J connectivity index is 1.83. The molecule has 0 bridgehead atoms. The van der Waals surface area contributed by atoms with Gasteiger partial charge >= 0.3 is 0 Å². The third-order valence-corrected chi connectivity index (χ3v) is 2.41. The number of aromatic amines is 1. The number of hydrogen-bond acceptors (Lipinski definition) is 5. The molecule has 2 heterocycles. The van der Waals surface area contributed by atoms with Crippen molar-refractivity contribution in [1.29, 1.82) is 0 Å². The first-order valence-corrected chi connectivity index (χ1v) is 5.47. The molecule has 2 aromatic rings. The Morgan fingerprint density at radius 2 is 2.28 bits per heavy atom. The smallest absolute Gasteiger partial charge is 0.252 e. The summed E-state index contributed by atoms with van der Waals surface area (Å²) in [5.74, 6) is 5.54. The Hall–Kier alpha value is -2.41. The molecular weight excluding hydrogens is 232 g/mol. The van der Waals surface area contributed by atoms with Crippen LogP contribution in [0.1, 0.15) is 16.1 Å². The number of rotatable bonds is 5. The van der Waals surface area contributed by atoms with Gasteiger partial charge in [0.15, 0.2) is 0 Å². The summed E-state index contributed by atoms with van der Waals surface area (Å²) < 4.78 is 0. The molecule has 0 unspecified atom stereocenters. The lowest BCUT2D eigenvalue weighted by molar-refractivity contribution is 0.0954. The Morgan fingerprint density at radius 1 is 1.39 bits per heavy atom. The molecule has 5 N–H and O–H groups in total. The van der Waals surface area contributed by atoms with Gasteiger partial charge in [-0.3, -0.25) is 4.79 Å². The zero-order chi connectivity index (χ0) is 12.8. The molecule has 0 aromatic carbocycles. The molecule has 0 aliphatic carbocycles. The van der Waals surface area contributed by atoms with Crippen LogP contribution in [-0.4, -0.2) is 27.4 Å². The number of carbonyl (C=O) groups is 1. The zero-order valence-electron chi connectivity index (χ0n) is 9.68. The van der Waals surface area contributed by atoms with Crippen molar-refractivity contribution in [2.24, 2.45) is 5.84 Å². The molecular formula is C11H14N6O. The Bertz CT molecular complexity index is 493. The number of pyridine rings is 1. The minimum atomic E-state index is -0.161. The molecule has 2 rings (SSSR count). The SMILES string of the molecule is NNc1ccc(C(=O)NCCc2cnc[nH]2)cn1. The van der Waals surface area contributed by atoms with E-state index in [1.165, 1.54) is 6.20 Å². The van der Waals surface area contributed by atoms with Gasteiger partial charge in [0, 0.05) is 31.1 Å². The monoisotopic (exact) mass is 246 g/mol. The van der Waals surface area contributed by atoms with Crippen LogP contribution in [0, 0.1) is 0 Å². The fourth-order valence-electron chi connectivity index (χ4n) is 1.45. The van der Waals surface area contributed by atoms with E-state index in [1.807, 2.05) is 0 Å². The van der Waals surface area contributed by atoms with Gasteiger partial charge < -0.3 is 15.7 Å². The van der Waals surface area contributed by atoms with Crippen molar-refractivity contribution in [2.45, 2.75) is 6.42 Å². The number of carbonyl (C=O) groups excluding carboxylic acids is 1. The molecule has 0 saturated heterocycles. The molecule has 7 nitrogen and oxygen atoms in total. The van der Waals surface area contributed by atoms with Gasteiger partial charge in [0.25, 0.3) is 5.91 Å². The second-order valence-electron chi connectivity index (χ2n) is 3.66. The molecule has 1 amide bonds. The summed E-state index contributed by atoms with van der Waals surface area (Å²) in [6.45, 7) is 0.540. The standard InChI is InChI=1S/C11H14N6O/c12-17-10-2-1-8(5-15-10)11(18)14-4-3-9-6-13-7-16-9/h1-2,5-7H,3-4,12H2,(H,13,16)(H,14,18)(H,15,17). The van der Waals surface area contributed by atoms with Crippen LogP contribution in [0.25, 0.3) is 0 Å². The Kier molecular flexibility index (Phi) is 3.87. The number of anilines is 1. The first-order chi connectivity index (χ1) is 8.79. The highest BCUT2D eigenvalue weighted by atomic mass is 16.1. The lowest BCUT2D eigenvalue weighted by Gasteiger charge is -2.04. The first kappa shape index (κ1) is 12.1. The summed E-state index contributed by atoms with van der Waals surface area (Å²) >= 11 is 0. The van der Waals surface area contributed by atoms with Gasteiger partial charge in [-0.1, -0.05) is 0 Å². The normalized spacial score (nSPS) is 10.1. The summed E-state index contributed by atoms with van der Waals surface area (Å²) in [6, 6.07) is 3.30. The maximum Gasteiger partial charge on any atom is 0.252 e. The van der Waals surface area contributed by atoms with Crippen LogP contribution < -0.4 is 16.6 Å². The van der Waals surface area contributed by atoms with Crippen molar-refractivity contribution >= 4 is 11.7 Å². The van der Waals surface area contributed by atoms with E-state index in [-0.39, 0.29) is 5.91 Å². The predicted octanol–water partition coefficient (Wildman–Crippen LogP) is 0.0628. The van der Waals surface area contributed by atoms with Crippen LogP contribution in [0.4, 0.5) is 5.82 Å². The molecule has 0 aliphatic rings. The number of aromatic nitrogens is 3. The van der Waals surface area contributed by atoms with E-state index < -0.39 is 0 Å². The highest BCUT2D eigenvalue weighted by Gasteiger charge is 2.05. The average molecular weight is 246 g/mol. The zero-order valence-corrected chi connectivity index (χ0v) is 9.68. The van der Waals surface area contributed by atoms with E-state index in [9.17, 15) is 4.79 Å². The van der Waals surface area contributed by atoms with Crippen LogP contribution in [0.15, 0.2) is 30.9 Å². The van der Waals surface area contributed by atoms with E-state index in [0.29, 0.717) is 24.3 Å². The second kappa shape index (κ2) is 5.78. The van der Waals surface area contributed by atoms with Gasteiger partial charge in [0.1, 0.15) is 5.82 Å². The Labute approximate surface area is 104 Å². The molecule has 2 aromatic heterocycles. The average Bonchev–Trinajstić information content (AvgIpc) is 2.92. The number of H-pyrrole nitrogens is 1. The van der Waals surface area contributed by atoms with Gasteiger partial charge in [-0.15, -0.1) is 0 Å². The fraction of sp³-hybridized carbons (Fsp3) is 0.182. The van der Waals surface area contributed by atoms with Crippen molar-refractivity contribution in [1.82, 2.24) is 20.3 Å². The largest absolute Gasteiger partial charge is 0.352 e. The van der Waals surface area contributed by atoms with E-state index >= 15 is 0 Å². The number of nitrogens with zero attached hydrogens (tertiary/aromatic N) is 2. The van der Waals surface area contributed by atoms with Gasteiger partial charge in [-0.25, -0.2) is 15.8 Å². The summed E-state index contributed by atoms with van der Waals surface area (Å²) in [5.41, 5.74) is 3.88. The van der Waals surface area contributed by atoms with Gasteiger partial charge in [0.2, 0.25) is 0 Å². The van der Waals surface area contributed by atoms with E-state index in [4.69, 9.17) is 5.84 Å². The maximum absolute atomic E-state index is 11.7. The fourth-order valence-corrected chi connectivity index (χ4v) is 1.45. The van der Waals surface area contributed by atoms with Gasteiger partial charge in [-0.2, -0.15) is 0 Å². The number of nitrogen functional groups attached to an aromatic ring is 1. The minimum Gasteiger partial charge on any atom is -0.352 e. The van der Waals surface area contributed by atoms with Crippen LogP contribution in [0.3, 0.4) is 0 Å². The molecule has 0 aliphatic heterocycles. The number of hydrogen-bond donors (Lipinski definition) is 4. The van der Waals surface area contributed by atoms with Crippen molar-refractivity contribution < 1.29 is 4.79 Å². The molecule has 0 fully saturated rings. The van der Waals surface area contributed by atoms with Crippen LogP contribution in [0.5, 0.6) is 0 Å². The van der Waals surface area contributed by atoms with E-state index in [2.05, 4.69) is 25.7 Å². The second-order valence-corrected chi connectivity index (χ2v) is 3.66. The number of imidazole rings is 1. The van der Waals surface area contributed by atoms with Crippen molar-refractivity contribution in [2.75, 3.05) is 12.0 Å². The quantitative estimate of drug-likeness (QED) is 0.441. The number of nitrogens with one attached hydrogen (secondary N) is 3. The van der Waals surface area contributed by atoms with Gasteiger partial charge in [-0.05, 0) is 12.1 Å². The predicted molar refractivity (Wildman–Crippen MR) is 66.7 cm³/mol.